The number of nitrogens with zero attached hydrogens (tertiary/aromatic N) is 1. The summed E-state index contributed by atoms with van der Waals surface area (Å²) in [7, 11) is 0. The number of carbonyl (C=O) groups excluding carboxylic acids is 1. The first-order valence-electron chi connectivity index (χ1n) is 6.92. The highest BCUT2D eigenvalue weighted by Gasteiger charge is 2.55. The van der Waals surface area contributed by atoms with Crippen LogP contribution in [0.25, 0.3) is 0 Å². The van der Waals surface area contributed by atoms with Crippen molar-refractivity contribution in [2.75, 3.05) is 13.1 Å². The fourth-order valence-electron chi connectivity index (χ4n) is 3.61. The van der Waals surface area contributed by atoms with E-state index in [9.17, 15) is 23.5 Å². The van der Waals surface area contributed by atoms with Gasteiger partial charge in [0, 0.05) is 18.7 Å². The van der Waals surface area contributed by atoms with Crippen molar-refractivity contribution < 1.29 is 23.5 Å². The van der Waals surface area contributed by atoms with Crippen molar-refractivity contribution in [1.82, 2.24) is 4.90 Å². The van der Waals surface area contributed by atoms with E-state index in [1.807, 2.05) is 0 Å². The molecule has 1 aliphatic heterocycles. The summed E-state index contributed by atoms with van der Waals surface area (Å²) >= 11 is 0. The smallest absolute Gasteiger partial charge is 0.311 e. The highest BCUT2D eigenvalue weighted by Crippen LogP contribution is 2.49. The second-order valence-electron chi connectivity index (χ2n) is 5.87. The molecule has 1 aromatic rings. The van der Waals surface area contributed by atoms with E-state index >= 15 is 0 Å². The van der Waals surface area contributed by atoms with Crippen molar-refractivity contribution in [3.63, 3.8) is 0 Å². The van der Waals surface area contributed by atoms with E-state index in [0.29, 0.717) is 13.0 Å². The Bertz CT molecular complexity index is 619. The minimum absolute atomic E-state index is 0.0504. The molecule has 0 unspecified atom stereocenters. The van der Waals surface area contributed by atoms with E-state index < -0.39 is 28.9 Å². The molecule has 2 aliphatic rings. The Morgan fingerprint density at radius 2 is 2.05 bits per heavy atom. The molecule has 0 aromatic heterocycles. The van der Waals surface area contributed by atoms with Gasteiger partial charge in [0.2, 0.25) is 0 Å². The minimum Gasteiger partial charge on any atom is -0.481 e. The predicted molar refractivity (Wildman–Crippen MR) is 69.7 cm³/mol. The summed E-state index contributed by atoms with van der Waals surface area (Å²) in [6, 6.07) is 2.99. The molecule has 3 rings (SSSR count). The lowest BCUT2D eigenvalue weighted by molar-refractivity contribution is -0.149. The van der Waals surface area contributed by atoms with Gasteiger partial charge in [-0.05, 0) is 37.0 Å². The molecule has 0 bridgehead atoms. The molecule has 1 aromatic carbocycles. The number of carboxylic acid groups (broad SMARTS) is 1. The van der Waals surface area contributed by atoms with Crippen LogP contribution in [0.15, 0.2) is 18.2 Å². The van der Waals surface area contributed by atoms with Gasteiger partial charge in [-0.1, -0.05) is 6.42 Å². The summed E-state index contributed by atoms with van der Waals surface area (Å²) in [6.45, 7) is 0.509. The Hall–Kier alpha value is -1.98. The van der Waals surface area contributed by atoms with Crippen LogP contribution >= 0.6 is 0 Å². The van der Waals surface area contributed by atoms with Crippen LogP contribution in [0, 0.1) is 23.0 Å². The number of carbonyl (C=O) groups is 2. The number of benzene rings is 1. The zero-order chi connectivity index (χ0) is 15.2. The lowest BCUT2D eigenvalue weighted by Crippen LogP contribution is -2.37. The van der Waals surface area contributed by atoms with E-state index in [4.69, 9.17) is 0 Å². The van der Waals surface area contributed by atoms with Crippen LogP contribution in [-0.4, -0.2) is 35.0 Å². The lowest BCUT2D eigenvalue weighted by Gasteiger charge is -2.23. The van der Waals surface area contributed by atoms with Crippen molar-refractivity contribution in [1.29, 1.82) is 0 Å². The second-order valence-corrected chi connectivity index (χ2v) is 5.87. The van der Waals surface area contributed by atoms with Gasteiger partial charge in [0.15, 0.2) is 11.6 Å². The highest BCUT2D eigenvalue weighted by molar-refractivity contribution is 5.95. The molecule has 21 heavy (non-hydrogen) atoms. The number of rotatable bonds is 2. The molecule has 1 aliphatic carbocycles. The van der Waals surface area contributed by atoms with E-state index in [2.05, 4.69) is 0 Å². The maximum atomic E-state index is 13.2. The van der Waals surface area contributed by atoms with Crippen LogP contribution in [-0.2, 0) is 4.79 Å². The molecule has 112 valence electrons. The molecule has 1 heterocycles. The van der Waals surface area contributed by atoms with Gasteiger partial charge in [-0.25, -0.2) is 8.78 Å². The Morgan fingerprint density at radius 3 is 2.67 bits per heavy atom. The number of hydrogen-bond acceptors (Lipinski definition) is 2. The summed E-state index contributed by atoms with van der Waals surface area (Å²) in [5.41, 5.74) is -0.816. The quantitative estimate of drug-likeness (QED) is 0.910. The van der Waals surface area contributed by atoms with Gasteiger partial charge in [-0.3, -0.25) is 9.59 Å². The van der Waals surface area contributed by atoms with Crippen LogP contribution in [0.4, 0.5) is 8.78 Å². The third-order valence-electron chi connectivity index (χ3n) is 4.75. The van der Waals surface area contributed by atoms with Crippen LogP contribution in [0.5, 0.6) is 0 Å². The Kier molecular flexibility index (Phi) is 3.19. The first-order chi connectivity index (χ1) is 9.94. The number of aliphatic carboxylic acids is 1. The molecule has 4 nitrogen and oxygen atoms in total. The highest BCUT2D eigenvalue weighted by atomic mass is 19.2. The van der Waals surface area contributed by atoms with Crippen LogP contribution in [0.2, 0.25) is 0 Å². The van der Waals surface area contributed by atoms with Crippen molar-refractivity contribution in [3.05, 3.63) is 35.4 Å². The van der Waals surface area contributed by atoms with E-state index in [-0.39, 0.29) is 18.0 Å². The van der Waals surface area contributed by atoms with Crippen LogP contribution in [0.3, 0.4) is 0 Å². The molecule has 1 saturated carbocycles. The van der Waals surface area contributed by atoms with Crippen molar-refractivity contribution >= 4 is 11.9 Å². The van der Waals surface area contributed by atoms with Gasteiger partial charge >= 0.3 is 5.97 Å². The summed E-state index contributed by atoms with van der Waals surface area (Å²) in [5.74, 6) is -3.45. The van der Waals surface area contributed by atoms with Gasteiger partial charge < -0.3 is 10.0 Å². The molecule has 6 heteroatoms. The summed E-state index contributed by atoms with van der Waals surface area (Å²) < 4.78 is 26.1. The number of hydrogen-bond donors (Lipinski definition) is 1. The average molecular weight is 295 g/mol. The Labute approximate surface area is 120 Å². The molecule has 0 radical (unpaired) electrons. The predicted octanol–water partition coefficient (Wildman–Crippen LogP) is 2.29. The van der Waals surface area contributed by atoms with Crippen LogP contribution < -0.4 is 0 Å². The van der Waals surface area contributed by atoms with Crippen molar-refractivity contribution in [2.24, 2.45) is 11.3 Å². The first-order valence-corrected chi connectivity index (χ1v) is 6.92. The third-order valence-corrected chi connectivity index (χ3v) is 4.75. The largest absolute Gasteiger partial charge is 0.481 e. The number of fused-ring (bicyclic) bond motifs is 1. The zero-order valence-electron chi connectivity index (χ0n) is 11.3. The molecule has 1 saturated heterocycles. The second kappa shape index (κ2) is 4.79. The molecular weight excluding hydrogens is 280 g/mol. The number of likely N-dealkylation sites (tertiary alicyclic amines) is 1. The lowest BCUT2D eigenvalue weighted by atomic mass is 9.81. The maximum absolute atomic E-state index is 13.2. The summed E-state index contributed by atoms with van der Waals surface area (Å²) in [4.78, 5) is 25.4. The first kappa shape index (κ1) is 14.0. The molecule has 2 fully saturated rings. The molecule has 1 amide bonds. The molecule has 2 atom stereocenters. The Morgan fingerprint density at radius 1 is 1.29 bits per heavy atom. The SMILES string of the molecule is O=C(c1ccc(F)c(F)c1)N1C[C@@H]2CCC[C@@]2(C(=O)O)C1. The Balaban J connectivity index is 1.84. The van der Waals surface area contributed by atoms with E-state index in [1.165, 1.54) is 11.0 Å². The van der Waals surface area contributed by atoms with Gasteiger partial charge in [0.25, 0.3) is 5.91 Å². The number of amides is 1. The van der Waals surface area contributed by atoms with Crippen LogP contribution in [0.1, 0.15) is 29.6 Å². The van der Waals surface area contributed by atoms with E-state index in [0.717, 1.165) is 25.0 Å². The average Bonchev–Trinajstić information content (AvgIpc) is 2.98. The topological polar surface area (TPSA) is 57.6 Å². The molecule has 1 N–H and O–H groups in total. The molecular formula is C15H15F2NO3. The number of halogens is 2. The molecule has 0 spiro atoms. The van der Waals surface area contributed by atoms with Gasteiger partial charge in [0.05, 0.1) is 5.41 Å². The zero-order valence-corrected chi connectivity index (χ0v) is 11.3. The van der Waals surface area contributed by atoms with Gasteiger partial charge in [-0.2, -0.15) is 0 Å². The third kappa shape index (κ3) is 2.09. The van der Waals surface area contributed by atoms with E-state index in [1.54, 1.807) is 0 Å². The number of carboxylic acids is 1. The summed E-state index contributed by atoms with van der Waals surface area (Å²) in [5, 5.41) is 9.48. The standard InChI is InChI=1S/C15H15F2NO3/c16-11-4-3-9(6-12(11)17)13(19)18-7-10-2-1-5-15(10,8-18)14(20)21/h3-4,6,10H,1-2,5,7-8H2,(H,20,21)/t10-,15+/m0/s1. The monoisotopic (exact) mass is 295 g/mol. The van der Waals surface area contributed by atoms with Crippen molar-refractivity contribution in [3.8, 4) is 0 Å². The fraction of sp³-hybridized carbons (Fsp3) is 0.467. The normalized spacial score (nSPS) is 27.7. The van der Waals surface area contributed by atoms with Gasteiger partial charge in [0.1, 0.15) is 0 Å². The minimum atomic E-state index is -1.08. The maximum Gasteiger partial charge on any atom is 0.311 e. The fourth-order valence-corrected chi connectivity index (χ4v) is 3.61. The van der Waals surface area contributed by atoms with Gasteiger partial charge in [-0.15, -0.1) is 0 Å². The summed E-state index contributed by atoms with van der Waals surface area (Å²) in [6.07, 6.45) is 2.20. The van der Waals surface area contributed by atoms with Crippen molar-refractivity contribution in [2.45, 2.75) is 19.3 Å².